The number of methoxy groups -OCH3 is 1. The molecule has 0 atom stereocenters. The topological polar surface area (TPSA) is 38.3 Å². The molecule has 0 saturated carbocycles. The van der Waals surface area contributed by atoms with Crippen LogP contribution in [0.15, 0.2) is 0 Å². The van der Waals surface area contributed by atoms with E-state index < -0.39 is 0 Å². The van der Waals surface area contributed by atoms with Crippen LogP contribution in [-0.4, -0.2) is 26.5 Å². The van der Waals surface area contributed by atoms with Gasteiger partial charge >= 0.3 is 0 Å². The van der Waals surface area contributed by atoms with E-state index in [0.717, 1.165) is 31.2 Å². The Labute approximate surface area is 119 Å². The number of benzene rings is 1. The molecule has 3 nitrogen and oxygen atoms in total. The molecule has 0 radical (unpaired) electrons. The van der Waals surface area contributed by atoms with Crippen molar-refractivity contribution in [2.75, 3.05) is 20.7 Å². The predicted octanol–water partition coefficient (Wildman–Crippen LogP) is 2.94. The van der Waals surface area contributed by atoms with Gasteiger partial charge in [0.1, 0.15) is 5.75 Å². The third-order valence-electron chi connectivity index (χ3n) is 3.81. The van der Waals surface area contributed by atoms with Crippen LogP contribution in [0.1, 0.15) is 39.9 Å². The lowest BCUT2D eigenvalue weighted by atomic mass is 9.85. The average molecular weight is 282 g/mol. The van der Waals surface area contributed by atoms with Crippen molar-refractivity contribution in [1.29, 1.82) is 0 Å². The van der Waals surface area contributed by atoms with Gasteiger partial charge in [-0.15, -0.1) is 0 Å². The molecule has 0 amide bonds. The van der Waals surface area contributed by atoms with Crippen molar-refractivity contribution in [3.8, 4) is 5.75 Å². The summed E-state index contributed by atoms with van der Waals surface area (Å²) < 4.78 is 5.41. The predicted molar refractivity (Wildman–Crippen MR) is 77.6 cm³/mol. The number of hydrogen-bond acceptors (Lipinski definition) is 3. The first-order valence-electron chi connectivity index (χ1n) is 6.67. The SMILES string of the molecule is CNCC(=O)c1c(C)c2c(c(Cl)c1OC)CCCC2. The second kappa shape index (κ2) is 5.93. The molecule has 4 heteroatoms. The number of fused-ring (bicyclic) bond motifs is 1. The Morgan fingerprint density at radius 3 is 2.53 bits per heavy atom. The summed E-state index contributed by atoms with van der Waals surface area (Å²) in [6, 6.07) is 0. The molecule has 2 rings (SSSR count). The van der Waals surface area contributed by atoms with E-state index in [-0.39, 0.29) is 5.78 Å². The number of hydrogen-bond donors (Lipinski definition) is 1. The van der Waals surface area contributed by atoms with E-state index in [1.165, 1.54) is 11.1 Å². The number of ether oxygens (including phenoxy) is 1. The minimum Gasteiger partial charge on any atom is -0.494 e. The fourth-order valence-corrected chi connectivity index (χ4v) is 3.29. The van der Waals surface area contributed by atoms with Crippen LogP contribution in [0.4, 0.5) is 0 Å². The van der Waals surface area contributed by atoms with E-state index in [1.807, 2.05) is 6.92 Å². The van der Waals surface area contributed by atoms with Crippen LogP contribution < -0.4 is 10.1 Å². The number of carbonyl (C=O) groups is 1. The Morgan fingerprint density at radius 2 is 1.95 bits per heavy atom. The zero-order valence-electron chi connectivity index (χ0n) is 11.7. The van der Waals surface area contributed by atoms with Crippen molar-refractivity contribution < 1.29 is 9.53 Å². The van der Waals surface area contributed by atoms with Crippen LogP contribution in [0.3, 0.4) is 0 Å². The molecule has 1 aromatic carbocycles. The molecule has 1 aromatic rings. The molecule has 0 bridgehead atoms. The minimum absolute atomic E-state index is 0.0344. The molecule has 0 aromatic heterocycles. The minimum atomic E-state index is 0.0344. The molecule has 1 aliphatic carbocycles. The number of rotatable bonds is 4. The summed E-state index contributed by atoms with van der Waals surface area (Å²) in [5, 5.41) is 3.52. The van der Waals surface area contributed by atoms with Gasteiger partial charge in [-0.05, 0) is 56.3 Å². The van der Waals surface area contributed by atoms with Crippen molar-refractivity contribution in [3.05, 3.63) is 27.3 Å². The number of carbonyl (C=O) groups excluding carboxylic acids is 1. The second-order valence-electron chi connectivity index (χ2n) is 4.96. The van der Waals surface area contributed by atoms with E-state index in [0.29, 0.717) is 22.9 Å². The summed E-state index contributed by atoms with van der Waals surface area (Å²) in [5.41, 5.74) is 4.10. The van der Waals surface area contributed by atoms with Crippen molar-refractivity contribution in [3.63, 3.8) is 0 Å². The molecule has 1 aliphatic rings. The maximum atomic E-state index is 12.3. The van der Waals surface area contributed by atoms with Gasteiger partial charge < -0.3 is 10.1 Å². The van der Waals surface area contributed by atoms with Gasteiger partial charge in [0.15, 0.2) is 5.78 Å². The van der Waals surface area contributed by atoms with Crippen LogP contribution in [-0.2, 0) is 12.8 Å². The van der Waals surface area contributed by atoms with E-state index >= 15 is 0 Å². The zero-order valence-corrected chi connectivity index (χ0v) is 12.5. The largest absolute Gasteiger partial charge is 0.494 e. The summed E-state index contributed by atoms with van der Waals surface area (Å²) >= 11 is 6.45. The van der Waals surface area contributed by atoms with E-state index in [4.69, 9.17) is 16.3 Å². The van der Waals surface area contributed by atoms with Crippen LogP contribution in [0, 0.1) is 6.92 Å². The van der Waals surface area contributed by atoms with Crippen LogP contribution in [0.25, 0.3) is 0 Å². The van der Waals surface area contributed by atoms with E-state index in [9.17, 15) is 4.79 Å². The number of ketones is 1. The summed E-state index contributed by atoms with van der Waals surface area (Å²) in [6.07, 6.45) is 4.30. The lowest BCUT2D eigenvalue weighted by molar-refractivity contribution is 0.0990. The Bertz CT molecular complexity index is 512. The van der Waals surface area contributed by atoms with Gasteiger partial charge in [-0.2, -0.15) is 0 Å². The molecular weight excluding hydrogens is 262 g/mol. The standard InChI is InChI=1S/C15H20ClNO2/c1-9-10-6-4-5-7-11(10)14(16)15(19-3)13(9)12(18)8-17-2/h17H,4-8H2,1-3H3. The molecular formula is C15H20ClNO2. The molecule has 104 valence electrons. The van der Waals surface area contributed by atoms with Crippen LogP contribution in [0.5, 0.6) is 5.75 Å². The lowest BCUT2D eigenvalue weighted by Gasteiger charge is -2.24. The fraction of sp³-hybridized carbons (Fsp3) is 0.533. The number of halogens is 1. The highest BCUT2D eigenvalue weighted by Crippen LogP contribution is 2.40. The van der Waals surface area contributed by atoms with Gasteiger partial charge in [0.25, 0.3) is 0 Å². The first kappa shape index (κ1) is 14.4. The Morgan fingerprint density at radius 1 is 1.32 bits per heavy atom. The highest BCUT2D eigenvalue weighted by molar-refractivity contribution is 6.33. The highest BCUT2D eigenvalue weighted by Gasteiger charge is 2.26. The summed E-state index contributed by atoms with van der Waals surface area (Å²) in [4.78, 5) is 12.3. The quantitative estimate of drug-likeness (QED) is 0.863. The molecule has 0 unspecified atom stereocenters. The van der Waals surface area contributed by atoms with Gasteiger partial charge in [0.2, 0.25) is 0 Å². The van der Waals surface area contributed by atoms with Gasteiger partial charge in [-0.3, -0.25) is 4.79 Å². The molecule has 0 aliphatic heterocycles. The summed E-state index contributed by atoms with van der Waals surface area (Å²) in [6.45, 7) is 2.30. The van der Waals surface area contributed by atoms with Gasteiger partial charge in [-0.25, -0.2) is 0 Å². The van der Waals surface area contributed by atoms with Crippen LogP contribution in [0.2, 0.25) is 5.02 Å². The third-order valence-corrected chi connectivity index (χ3v) is 4.21. The maximum absolute atomic E-state index is 12.3. The smallest absolute Gasteiger partial charge is 0.180 e. The van der Waals surface area contributed by atoms with Gasteiger partial charge in [-0.1, -0.05) is 11.6 Å². The Kier molecular flexibility index (Phi) is 4.48. The lowest BCUT2D eigenvalue weighted by Crippen LogP contribution is -2.22. The molecule has 0 saturated heterocycles. The van der Waals surface area contributed by atoms with Crippen LogP contribution >= 0.6 is 11.6 Å². The molecule has 1 N–H and O–H groups in total. The molecule has 0 fully saturated rings. The van der Waals surface area contributed by atoms with Crippen molar-refractivity contribution in [2.24, 2.45) is 0 Å². The number of likely N-dealkylation sites (N-methyl/N-ethyl adjacent to an activating group) is 1. The molecule has 0 heterocycles. The normalized spacial score (nSPS) is 14.1. The fourth-order valence-electron chi connectivity index (χ4n) is 2.91. The number of nitrogens with one attached hydrogen (secondary N) is 1. The van der Waals surface area contributed by atoms with Crippen molar-refractivity contribution in [1.82, 2.24) is 5.32 Å². The maximum Gasteiger partial charge on any atom is 0.180 e. The first-order valence-corrected chi connectivity index (χ1v) is 7.05. The van der Waals surface area contributed by atoms with Gasteiger partial charge in [0.05, 0.1) is 24.2 Å². The third kappa shape index (κ3) is 2.49. The van der Waals surface area contributed by atoms with Gasteiger partial charge in [0, 0.05) is 0 Å². The second-order valence-corrected chi connectivity index (χ2v) is 5.34. The molecule has 19 heavy (non-hydrogen) atoms. The van der Waals surface area contributed by atoms with Crippen molar-refractivity contribution >= 4 is 17.4 Å². The average Bonchev–Trinajstić information content (AvgIpc) is 2.42. The molecule has 0 spiro atoms. The monoisotopic (exact) mass is 281 g/mol. The highest BCUT2D eigenvalue weighted by atomic mass is 35.5. The Balaban J connectivity index is 2.64. The Hall–Kier alpha value is -1.06. The summed E-state index contributed by atoms with van der Waals surface area (Å²) in [7, 11) is 3.34. The van der Waals surface area contributed by atoms with E-state index in [2.05, 4.69) is 5.32 Å². The zero-order chi connectivity index (χ0) is 14.0. The summed E-state index contributed by atoms with van der Waals surface area (Å²) in [5.74, 6) is 0.576. The van der Waals surface area contributed by atoms with Crippen molar-refractivity contribution in [2.45, 2.75) is 32.6 Å². The number of Topliss-reactive ketones (excluding diaryl/α,β-unsaturated/α-hetero) is 1. The first-order chi connectivity index (χ1) is 9.11. The van der Waals surface area contributed by atoms with E-state index in [1.54, 1.807) is 14.2 Å².